The van der Waals surface area contributed by atoms with E-state index in [1.54, 1.807) is 11.3 Å². The highest BCUT2D eigenvalue weighted by Gasteiger charge is 2.10. The summed E-state index contributed by atoms with van der Waals surface area (Å²) in [4.78, 5) is 9.89. The summed E-state index contributed by atoms with van der Waals surface area (Å²) in [5.41, 5.74) is 8.13. The predicted molar refractivity (Wildman–Crippen MR) is 72.0 cm³/mol. The summed E-state index contributed by atoms with van der Waals surface area (Å²) in [5, 5.41) is 3.04. The fourth-order valence-electron chi connectivity index (χ4n) is 1.83. The third kappa shape index (κ3) is 1.66. The molecule has 0 aliphatic heterocycles. The molecule has 0 spiro atoms. The summed E-state index contributed by atoms with van der Waals surface area (Å²) in [7, 11) is 0. The second-order valence-corrected chi connectivity index (χ2v) is 4.76. The summed E-state index contributed by atoms with van der Waals surface area (Å²) in [6.07, 6.45) is 0. The van der Waals surface area contributed by atoms with E-state index in [0.29, 0.717) is 11.6 Å². The Morgan fingerprint density at radius 3 is 2.65 bits per heavy atom. The number of benzene rings is 1. The molecule has 3 nitrogen and oxygen atoms in total. The molecule has 2 heterocycles. The third-order valence-electron chi connectivity index (χ3n) is 2.68. The molecule has 0 fully saturated rings. The van der Waals surface area contributed by atoms with E-state index in [9.17, 15) is 0 Å². The zero-order valence-electron chi connectivity index (χ0n) is 9.34. The van der Waals surface area contributed by atoms with Crippen molar-refractivity contribution in [3.8, 4) is 11.4 Å². The first kappa shape index (κ1) is 10.2. The second kappa shape index (κ2) is 3.82. The average Bonchev–Trinajstić information content (AvgIpc) is 2.73. The predicted octanol–water partition coefficient (Wildman–Crippen LogP) is 3.25. The number of hydrogen-bond acceptors (Lipinski definition) is 4. The number of fused-ring (bicyclic) bond motifs is 1. The highest BCUT2D eigenvalue weighted by atomic mass is 32.1. The van der Waals surface area contributed by atoms with Gasteiger partial charge in [0.15, 0.2) is 5.82 Å². The Kier molecular flexibility index (Phi) is 2.30. The molecule has 0 bridgehead atoms. The van der Waals surface area contributed by atoms with Crippen LogP contribution in [0.1, 0.15) is 5.56 Å². The summed E-state index contributed by atoms with van der Waals surface area (Å²) < 4.78 is 0. The maximum atomic E-state index is 6.00. The lowest BCUT2D eigenvalue weighted by atomic mass is 10.2. The molecular weight excluding hydrogens is 230 g/mol. The van der Waals surface area contributed by atoms with Gasteiger partial charge in [0.25, 0.3) is 0 Å². The van der Waals surface area contributed by atoms with Crippen molar-refractivity contribution in [1.82, 2.24) is 9.97 Å². The van der Waals surface area contributed by atoms with Crippen molar-refractivity contribution in [2.75, 3.05) is 5.73 Å². The molecule has 3 rings (SSSR count). The molecule has 2 aromatic heterocycles. The monoisotopic (exact) mass is 241 g/mol. The molecular formula is C13H11N3S. The molecule has 0 aliphatic rings. The maximum absolute atomic E-state index is 6.00. The minimum absolute atomic E-state index is 0.563. The summed E-state index contributed by atoms with van der Waals surface area (Å²) in [6.45, 7) is 2.03. The van der Waals surface area contributed by atoms with E-state index in [0.717, 1.165) is 21.3 Å². The topological polar surface area (TPSA) is 51.8 Å². The number of anilines is 1. The van der Waals surface area contributed by atoms with E-state index >= 15 is 0 Å². The van der Waals surface area contributed by atoms with Crippen molar-refractivity contribution in [3.05, 3.63) is 41.3 Å². The lowest BCUT2D eigenvalue weighted by molar-refractivity contribution is 1.24. The van der Waals surface area contributed by atoms with Gasteiger partial charge in [-0.3, -0.25) is 0 Å². The molecule has 4 heteroatoms. The van der Waals surface area contributed by atoms with Crippen LogP contribution in [0.4, 0.5) is 5.82 Å². The Balaban J connectivity index is 2.26. The number of nitrogens with two attached hydrogens (primary N) is 1. The molecule has 0 unspecified atom stereocenters. The van der Waals surface area contributed by atoms with Crippen LogP contribution < -0.4 is 5.73 Å². The Morgan fingerprint density at radius 1 is 1.12 bits per heavy atom. The van der Waals surface area contributed by atoms with Gasteiger partial charge >= 0.3 is 0 Å². The fourth-order valence-corrected chi connectivity index (χ4v) is 2.76. The average molecular weight is 241 g/mol. The van der Waals surface area contributed by atoms with Gasteiger partial charge in [-0.05, 0) is 17.9 Å². The maximum Gasteiger partial charge on any atom is 0.163 e. The van der Waals surface area contributed by atoms with Crippen LogP contribution in [0.3, 0.4) is 0 Å². The van der Waals surface area contributed by atoms with Crippen molar-refractivity contribution < 1.29 is 0 Å². The number of aryl methyl sites for hydroxylation is 1. The van der Waals surface area contributed by atoms with E-state index < -0.39 is 0 Å². The van der Waals surface area contributed by atoms with Gasteiger partial charge in [-0.1, -0.05) is 30.3 Å². The number of aromatic nitrogens is 2. The normalized spacial score (nSPS) is 10.9. The van der Waals surface area contributed by atoms with Crippen molar-refractivity contribution in [3.63, 3.8) is 0 Å². The molecule has 2 N–H and O–H groups in total. The van der Waals surface area contributed by atoms with Crippen LogP contribution in [0.2, 0.25) is 0 Å². The SMILES string of the molecule is Cc1csc2nc(-c3ccccc3)nc(N)c12. The van der Waals surface area contributed by atoms with Gasteiger partial charge < -0.3 is 5.73 Å². The second-order valence-electron chi connectivity index (χ2n) is 3.90. The van der Waals surface area contributed by atoms with Gasteiger partial charge in [-0.2, -0.15) is 0 Å². The molecule has 17 heavy (non-hydrogen) atoms. The molecule has 0 radical (unpaired) electrons. The minimum atomic E-state index is 0.563. The first-order valence-electron chi connectivity index (χ1n) is 5.32. The number of rotatable bonds is 1. The van der Waals surface area contributed by atoms with E-state index in [2.05, 4.69) is 15.3 Å². The quantitative estimate of drug-likeness (QED) is 0.711. The number of nitrogen functional groups attached to an aromatic ring is 1. The van der Waals surface area contributed by atoms with Gasteiger partial charge in [0, 0.05) is 5.56 Å². The van der Waals surface area contributed by atoms with Crippen LogP contribution in [0.15, 0.2) is 35.7 Å². The summed E-state index contributed by atoms with van der Waals surface area (Å²) in [5.74, 6) is 1.25. The lowest BCUT2D eigenvalue weighted by Gasteiger charge is -2.02. The van der Waals surface area contributed by atoms with Crippen molar-refractivity contribution in [2.24, 2.45) is 0 Å². The Morgan fingerprint density at radius 2 is 1.88 bits per heavy atom. The van der Waals surface area contributed by atoms with Gasteiger partial charge in [-0.25, -0.2) is 9.97 Å². The van der Waals surface area contributed by atoms with E-state index in [4.69, 9.17) is 5.73 Å². The molecule has 84 valence electrons. The molecule has 3 aromatic rings. The van der Waals surface area contributed by atoms with E-state index in [1.165, 1.54) is 0 Å². The number of thiophene rings is 1. The van der Waals surface area contributed by atoms with Crippen LogP contribution in [0.5, 0.6) is 0 Å². The van der Waals surface area contributed by atoms with Crippen molar-refractivity contribution in [1.29, 1.82) is 0 Å². The Labute approximate surface area is 103 Å². The molecule has 0 atom stereocenters. The van der Waals surface area contributed by atoms with Gasteiger partial charge in [0.2, 0.25) is 0 Å². The smallest absolute Gasteiger partial charge is 0.163 e. The highest BCUT2D eigenvalue weighted by Crippen LogP contribution is 2.29. The summed E-state index contributed by atoms with van der Waals surface area (Å²) in [6, 6.07) is 9.89. The first-order chi connectivity index (χ1) is 8.25. The van der Waals surface area contributed by atoms with Crippen molar-refractivity contribution >= 4 is 27.4 Å². The van der Waals surface area contributed by atoms with Gasteiger partial charge in [0.05, 0.1) is 5.39 Å². The van der Waals surface area contributed by atoms with Crippen molar-refractivity contribution in [2.45, 2.75) is 6.92 Å². The fraction of sp³-hybridized carbons (Fsp3) is 0.0769. The summed E-state index contributed by atoms with van der Waals surface area (Å²) >= 11 is 1.61. The molecule has 1 aromatic carbocycles. The van der Waals surface area contributed by atoms with Crippen LogP contribution in [-0.4, -0.2) is 9.97 Å². The first-order valence-corrected chi connectivity index (χ1v) is 6.20. The molecule has 0 saturated carbocycles. The Hall–Kier alpha value is -1.94. The van der Waals surface area contributed by atoms with E-state index in [-0.39, 0.29) is 0 Å². The molecule has 0 amide bonds. The molecule has 0 aliphatic carbocycles. The molecule has 0 saturated heterocycles. The Bertz CT molecular complexity index is 674. The van der Waals surface area contributed by atoms with Crippen LogP contribution in [0, 0.1) is 6.92 Å². The number of nitrogens with zero attached hydrogens (tertiary/aromatic N) is 2. The van der Waals surface area contributed by atoms with Gasteiger partial charge in [-0.15, -0.1) is 11.3 Å². The lowest BCUT2D eigenvalue weighted by Crippen LogP contribution is -1.96. The minimum Gasteiger partial charge on any atom is -0.383 e. The third-order valence-corrected chi connectivity index (χ3v) is 3.67. The number of hydrogen-bond donors (Lipinski definition) is 1. The van der Waals surface area contributed by atoms with Gasteiger partial charge in [0.1, 0.15) is 10.6 Å². The van der Waals surface area contributed by atoms with Crippen LogP contribution in [0.25, 0.3) is 21.6 Å². The standard InChI is InChI=1S/C13H11N3S/c1-8-7-17-13-10(8)11(14)15-12(16-13)9-5-3-2-4-6-9/h2-7H,1H3,(H2,14,15,16). The van der Waals surface area contributed by atoms with Crippen LogP contribution >= 0.6 is 11.3 Å². The highest BCUT2D eigenvalue weighted by molar-refractivity contribution is 7.17. The largest absolute Gasteiger partial charge is 0.383 e. The van der Waals surface area contributed by atoms with E-state index in [1.807, 2.05) is 37.3 Å². The zero-order valence-corrected chi connectivity index (χ0v) is 10.2. The van der Waals surface area contributed by atoms with Crippen LogP contribution in [-0.2, 0) is 0 Å². The zero-order chi connectivity index (χ0) is 11.8.